The van der Waals surface area contributed by atoms with Gasteiger partial charge in [-0.15, -0.1) is 0 Å². The summed E-state index contributed by atoms with van der Waals surface area (Å²) in [6.07, 6.45) is 4.71. The third-order valence-electron chi connectivity index (χ3n) is 6.28. The quantitative estimate of drug-likeness (QED) is 0.654. The number of aromatic nitrogens is 4. The van der Waals surface area contributed by atoms with E-state index < -0.39 is 0 Å². The Kier molecular flexibility index (Phi) is 5.04. The monoisotopic (exact) mass is 407 g/mol. The van der Waals surface area contributed by atoms with Crippen LogP contribution in [-0.4, -0.2) is 78.1 Å². The number of nitrogens with zero attached hydrogens (tertiary/aromatic N) is 7. The van der Waals surface area contributed by atoms with Gasteiger partial charge < -0.3 is 14.5 Å². The number of piperazine rings is 1. The van der Waals surface area contributed by atoms with Crippen molar-refractivity contribution in [2.75, 3.05) is 63.2 Å². The van der Waals surface area contributed by atoms with E-state index >= 15 is 0 Å². The van der Waals surface area contributed by atoms with Crippen LogP contribution in [0.1, 0.15) is 17.4 Å². The van der Waals surface area contributed by atoms with Gasteiger partial charge in [-0.1, -0.05) is 0 Å². The minimum absolute atomic E-state index is 0.134. The minimum Gasteiger partial charge on any atom is -0.372 e. The SMILES string of the molecule is CN(C)c1ncnc2ccc(N3CCN(CC4OCCc5c4cnn5C)CC3)cc12. The standard InChI is InChI=1S/C22H29N7O/c1-26(2)22-17-12-16(4-5-19(17)23-15-24-22)29-9-7-28(8-10-29)14-21-18-13-25-27(3)20(18)6-11-30-21/h4-5,12-13,15,21H,6-11,14H2,1-3H3. The first-order valence-electron chi connectivity index (χ1n) is 10.6. The summed E-state index contributed by atoms with van der Waals surface area (Å²) in [5, 5.41) is 5.53. The van der Waals surface area contributed by atoms with Gasteiger partial charge in [-0.25, -0.2) is 9.97 Å². The van der Waals surface area contributed by atoms with Gasteiger partial charge in [0, 0.05) is 82.6 Å². The summed E-state index contributed by atoms with van der Waals surface area (Å²) >= 11 is 0. The summed E-state index contributed by atoms with van der Waals surface area (Å²) < 4.78 is 8.08. The maximum atomic E-state index is 6.09. The largest absolute Gasteiger partial charge is 0.372 e. The Balaban J connectivity index is 1.27. The summed E-state index contributed by atoms with van der Waals surface area (Å²) in [7, 11) is 6.07. The molecule has 0 amide bonds. The lowest BCUT2D eigenvalue weighted by Gasteiger charge is -2.38. The van der Waals surface area contributed by atoms with Crippen molar-refractivity contribution in [2.24, 2.45) is 7.05 Å². The molecule has 2 aromatic heterocycles. The Hall–Kier alpha value is -2.71. The highest BCUT2D eigenvalue weighted by atomic mass is 16.5. The molecule has 2 aliphatic rings. The van der Waals surface area contributed by atoms with E-state index in [-0.39, 0.29) is 6.10 Å². The zero-order chi connectivity index (χ0) is 20.7. The predicted molar refractivity (Wildman–Crippen MR) is 118 cm³/mol. The van der Waals surface area contributed by atoms with Gasteiger partial charge in [0.1, 0.15) is 12.1 Å². The maximum Gasteiger partial charge on any atom is 0.139 e. The van der Waals surface area contributed by atoms with Crippen molar-refractivity contribution in [1.29, 1.82) is 0 Å². The zero-order valence-corrected chi connectivity index (χ0v) is 18.0. The van der Waals surface area contributed by atoms with Crippen molar-refractivity contribution in [2.45, 2.75) is 12.5 Å². The van der Waals surface area contributed by atoms with Crippen LogP contribution in [0.3, 0.4) is 0 Å². The van der Waals surface area contributed by atoms with Crippen LogP contribution in [-0.2, 0) is 18.2 Å². The average molecular weight is 408 g/mol. The fraction of sp³-hybridized carbons (Fsp3) is 0.500. The summed E-state index contributed by atoms with van der Waals surface area (Å²) in [5.74, 6) is 0.960. The van der Waals surface area contributed by atoms with E-state index in [1.807, 2.05) is 36.9 Å². The van der Waals surface area contributed by atoms with Crippen molar-refractivity contribution < 1.29 is 4.74 Å². The second kappa shape index (κ2) is 7.85. The highest BCUT2D eigenvalue weighted by Crippen LogP contribution is 2.29. The molecule has 5 rings (SSSR count). The van der Waals surface area contributed by atoms with Crippen molar-refractivity contribution in [3.8, 4) is 0 Å². The number of rotatable bonds is 4. The summed E-state index contributed by atoms with van der Waals surface area (Å²) in [6, 6.07) is 6.51. The molecule has 8 heteroatoms. The lowest BCUT2D eigenvalue weighted by atomic mass is 10.0. The lowest BCUT2D eigenvalue weighted by molar-refractivity contribution is 0.0139. The van der Waals surface area contributed by atoms with E-state index in [9.17, 15) is 0 Å². The number of fused-ring (bicyclic) bond motifs is 2. The number of hydrogen-bond donors (Lipinski definition) is 0. The molecule has 0 bridgehead atoms. The summed E-state index contributed by atoms with van der Waals surface area (Å²) in [5.41, 5.74) is 4.80. The Labute approximate surface area is 177 Å². The van der Waals surface area contributed by atoms with Crippen LogP contribution in [0.2, 0.25) is 0 Å². The molecule has 0 aliphatic carbocycles. The van der Waals surface area contributed by atoms with Gasteiger partial charge in [0.2, 0.25) is 0 Å². The van der Waals surface area contributed by atoms with Gasteiger partial charge in [-0.3, -0.25) is 9.58 Å². The fourth-order valence-electron chi connectivity index (χ4n) is 4.60. The molecular formula is C22H29N7O. The first-order chi connectivity index (χ1) is 14.6. The number of hydrogen-bond acceptors (Lipinski definition) is 7. The van der Waals surface area contributed by atoms with E-state index in [2.05, 4.69) is 43.1 Å². The van der Waals surface area contributed by atoms with E-state index in [1.165, 1.54) is 16.9 Å². The lowest BCUT2D eigenvalue weighted by Crippen LogP contribution is -2.48. The number of ether oxygens (including phenoxy) is 1. The molecule has 1 saturated heterocycles. The van der Waals surface area contributed by atoms with Gasteiger partial charge in [0.05, 0.1) is 24.4 Å². The highest BCUT2D eigenvalue weighted by Gasteiger charge is 2.27. The van der Waals surface area contributed by atoms with Gasteiger partial charge in [0.15, 0.2) is 0 Å². The van der Waals surface area contributed by atoms with Crippen LogP contribution in [0.15, 0.2) is 30.7 Å². The average Bonchev–Trinajstić information content (AvgIpc) is 3.15. The molecule has 1 unspecified atom stereocenters. The number of benzene rings is 1. The molecule has 8 nitrogen and oxygen atoms in total. The predicted octanol–water partition coefficient (Wildman–Crippen LogP) is 1.87. The Morgan fingerprint density at radius 2 is 1.97 bits per heavy atom. The fourth-order valence-corrected chi connectivity index (χ4v) is 4.60. The van der Waals surface area contributed by atoms with Gasteiger partial charge in [-0.2, -0.15) is 5.10 Å². The zero-order valence-electron chi connectivity index (χ0n) is 18.0. The third-order valence-corrected chi connectivity index (χ3v) is 6.28. The van der Waals surface area contributed by atoms with Crippen LogP contribution < -0.4 is 9.80 Å². The molecule has 0 spiro atoms. The van der Waals surface area contributed by atoms with Gasteiger partial charge >= 0.3 is 0 Å². The van der Waals surface area contributed by atoms with Crippen LogP contribution in [0.4, 0.5) is 11.5 Å². The van der Waals surface area contributed by atoms with Crippen molar-refractivity contribution in [3.05, 3.63) is 42.0 Å². The van der Waals surface area contributed by atoms with Crippen LogP contribution in [0.25, 0.3) is 10.9 Å². The topological polar surface area (TPSA) is 62.6 Å². The Bertz CT molecular complexity index is 1040. The minimum atomic E-state index is 0.134. The highest BCUT2D eigenvalue weighted by molar-refractivity contribution is 5.91. The first-order valence-corrected chi connectivity index (χ1v) is 10.6. The smallest absolute Gasteiger partial charge is 0.139 e. The molecule has 4 heterocycles. The third kappa shape index (κ3) is 3.50. The van der Waals surface area contributed by atoms with Crippen molar-refractivity contribution in [3.63, 3.8) is 0 Å². The Morgan fingerprint density at radius 3 is 2.77 bits per heavy atom. The van der Waals surface area contributed by atoms with Crippen LogP contribution >= 0.6 is 0 Å². The molecule has 30 heavy (non-hydrogen) atoms. The second-order valence-electron chi connectivity index (χ2n) is 8.36. The Morgan fingerprint density at radius 1 is 1.13 bits per heavy atom. The summed E-state index contributed by atoms with van der Waals surface area (Å²) in [6.45, 7) is 5.78. The molecule has 0 saturated carbocycles. The van der Waals surface area contributed by atoms with Crippen LogP contribution in [0, 0.1) is 0 Å². The molecule has 0 N–H and O–H groups in total. The van der Waals surface area contributed by atoms with Crippen molar-refractivity contribution in [1.82, 2.24) is 24.6 Å². The van der Waals surface area contributed by atoms with E-state index in [0.29, 0.717) is 0 Å². The molecule has 2 aliphatic heterocycles. The molecule has 3 aromatic rings. The molecule has 1 atom stereocenters. The normalized spacial score (nSPS) is 19.8. The summed E-state index contributed by atoms with van der Waals surface area (Å²) in [4.78, 5) is 15.9. The second-order valence-corrected chi connectivity index (χ2v) is 8.36. The molecule has 0 radical (unpaired) electrons. The van der Waals surface area contributed by atoms with Gasteiger partial charge in [0.25, 0.3) is 0 Å². The van der Waals surface area contributed by atoms with Gasteiger partial charge in [-0.05, 0) is 18.2 Å². The molecular weight excluding hydrogens is 378 g/mol. The van der Waals surface area contributed by atoms with E-state index in [4.69, 9.17) is 4.74 Å². The maximum absolute atomic E-state index is 6.09. The number of anilines is 2. The molecule has 1 fully saturated rings. The van der Waals surface area contributed by atoms with E-state index in [1.54, 1.807) is 6.33 Å². The number of aryl methyl sites for hydroxylation is 1. The van der Waals surface area contributed by atoms with Crippen molar-refractivity contribution >= 4 is 22.4 Å². The molecule has 158 valence electrons. The van der Waals surface area contributed by atoms with E-state index in [0.717, 1.165) is 62.5 Å². The van der Waals surface area contributed by atoms with Crippen LogP contribution in [0.5, 0.6) is 0 Å². The first kappa shape index (κ1) is 19.3. The molecule has 1 aromatic carbocycles.